The molecule has 1 unspecified atom stereocenters. The molecular weight excluding hydrogens is 164 g/mol. The van der Waals surface area contributed by atoms with Gasteiger partial charge in [-0.25, -0.2) is 0 Å². The van der Waals surface area contributed by atoms with Crippen LogP contribution in [-0.2, 0) is 4.74 Å². The number of hydrogen-bond donors (Lipinski definition) is 1. The number of nitrogens with zero attached hydrogens (tertiary/aromatic N) is 1. The summed E-state index contributed by atoms with van der Waals surface area (Å²) in [5, 5.41) is 0. The highest BCUT2D eigenvalue weighted by Gasteiger charge is 2.25. The van der Waals surface area contributed by atoms with Gasteiger partial charge in [0.25, 0.3) is 0 Å². The molecule has 0 amide bonds. The van der Waals surface area contributed by atoms with Gasteiger partial charge in [-0.3, -0.25) is 4.98 Å². The van der Waals surface area contributed by atoms with Gasteiger partial charge in [0.2, 0.25) is 0 Å². The van der Waals surface area contributed by atoms with Crippen molar-refractivity contribution in [3.63, 3.8) is 0 Å². The van der Waals surface area contributed by atoms with Crippen LogP contribution in [0.4, 0.5) is 0 Å². The van der Waals surface area contributed by atoms with Gasteiger partial charge in [0.1, 0.15) is 0 Å². The summed E-state index contributed by atoms with van der Waals surface area (Å²) in [6, 6.07) is 5.91. The Labute approximate surface area is 77.9 Å². The van der Waals surface area contributed by atoms with E-state index in [0.717, 1.165) is 18.5 Å². The zero-order valence-corrected chi connectivity index (χ0v) is 7.52. The molecule has 0 spiro atoms. The van der Waals surface area contributed by atoms with Crippen molar-refractivity contribution in [1.29, 1.82) is 0 Å². The Morgan fingerprint density at radius 3 is 3.00 bits per heavy atom. The quantitative estimate of drug-likeness (QED) is 0.741. The van der Waals surface area contributed by atoms with E-state index in [2.05, 4.69) is 4.98 Å². The van der Waals surface area contributed by atoms with Crippen LogP contribution in [0.5, 0.6) is 0 Å². The minimum absolute atomic E-state index is 0.162. The minimum atomic E-state index is 0.162. The van der Waals surface area contributed by atoms with E-state index in [9.17, 15) is 0 Å². The first-order chi connectivity index (χ1) is 6.40. The van der Waals surface area contributed by atoms with E-state index in [-0.39, 0.29) is 12.2 Å². The Morgan fingerprint density at radius 1 is 1.46 bits per heavy atom. The molecule has 2 rings (SSSR count). The van der Waals surface area contributed by atoms with Gasteiger partial charge in [-0.2, -0.15) is 0 Å². The van der Waals surface area contributed by atoms with Gasteiger partial charge < -0.3 is 10.5 Å². The molecular formula is C10H14N2O. The number of nitrogens with two attached hydrogens (primary N) is 1. The summed E-state index contributed by atoms with van der Waals surface area (Å²) in [6.45, 7) is 0.614. The van der Waals surface area contributed by atoms with Crippen molar-refractivity contribution in [2.45, 2.75) is 25.0 Å². The molecule has 0 radical (unpaired) electrons. The molecule has 1 aliphatic rings. The lowest BCUT2D eigenvalue weighted by Gasteiger charge is -2.10. The topological polar surface area (TPSA) is 48.1 Å². The molecule has 1 aliphatic heterocycles. The lowest BCUT2D eigenvalue weighted by Crippen LogP contribution is -2.18. The number of pyridine rings is 1. The van der Waals surface area contributed by atoms with Gasteiger partial charge in [0.15, 0.2) is 0 Å². The SMILES string of the molecule is NC[C@@H]1CCC(c2ccccn2)O1. The molecule has 2 N–H and O–H groups in total. The zero-order chi connectivity index (χ0) is 9.10. The highest BCUT2D eigenvalue weighted by molar-refractivity contribution is 5.08. The molecule has 0 bridgehead atoms. The van der Waals surface area contributed by atoms with Crippen molar-refractivity contribution in [3.8, 4) is 0 Å². The summed E-state index contributed by atoms with van der Waals surface area (Å²) in [5.41, 5.74) is 6.56. The highest BCUT2D eigenvalue weighted by Crippen LogP contribution is 2.30. The molecule has 3 nitrogen and oxygen atoms in total. The van der Waals surface area contributed by atoms with Gasteiger partial charge in [0, 0.05) is 12.7 Å². The number of rotatable bonds is 2. The van der Waals surface area contributed by atoms with Crippen molar-refractivity contribution in [3.05, 3.63) is 30.1 Å². The molecule has 70 valence electrons. The van der Waals surface area contributed by atoms with E-state index in [4.69, 9.17) is 10.5 Å². The Balaban J connectivity index is 2.04. The molecule has 2 atom stereocenters. The smallest absolute Gasteiger partial charge is 0.0999 e. The first kappa shape index (κ1) is 8.66. The fourth-order valence-corrected chi connectivity index (χ4v) is 1.66. The van der Waals surface area contributed by atoms with E-state index in [1.807, 2.05) is 18.2 Å². The van der Waals surface area contributed by atoms with Crippen LogP contribution in [0.15, 0.2) is 24.4 Å². The Hall–Kier alpha value is -0.930. The number of aromatic nitrogens is 1. The fourth-order valence-electron chi connectivity index (χ4n) is 1.66. The molecule has 1 aromatic heterocycles. The average Bonchev–Trinajstić information content (AvgIpc) is 2.67. The van der Waals surface area contributed by atoms with Gasteiger partial charge in [-0.1, -0.05) is 6.07 Å². The summed E-state index contributed by atoms with van der Waals surface area (Å²) in [7, 11) is 0. The second-order valence-corrected chi connectivity index (χ2v) is 3.31. The molecule has 13 heavy (non-hydrogen) atoms. The third-order valence-electron chi connectivity index (χ3n) is 2.39. The Morgan fingerprint density at radius 2 is 2.38 bits per heavy atom. The normalized spacial score (nSPS) is 27.8. The van der Waals surface area contributed by atoms with Crippen molar-refractivity contribution >= 4 is 0 Å². The van der Waals surface area contributed by atoms with E-state index >= 15 is 0 Å². The Bertz CT molecular complexity index is 263. The number of ether oxygens (including phenoxy) is 1. The standard InChI is InChI=1S/C10H14N2O/c11-7-8-4-5-10(13-8)9-3-1-2-6-12-9/h1-3,6,8,10H,4-5,7,11H2/t8-,10?/m0/s1. The first-order valence-corrected chi connectivity index (χ1v) is 4.66. The van der Waals surface area contributed by atoms with Crippen LogP contribution in [0.2, 0.25) is 0 Å². The van der Waals surface area contributed by atoms with E-state index in [0.29, 0.717) is 6.54 Å². The minimum Gasteiger partial charge on any atom is -0.367 e. The van der Waals surface area contributed by atoms with Gasteiger partial charge in [0.05, 0.1) is 17.9 Å². The van der Waals surface area contributed by atoms with E-state index in [1.54, 1.807) is 6.20 Å². The molecule has 1 aromatic rings. The molecule has 1 saturated heterocycles. The first-order valence-electron chi connectivity index (χ1n) is 4.66. The average molecular weight is 178 g/mol. The molecule has 0 aliphatic carbocycles. The van der Waals surface area contributed by atoms with Crippen molar-refractivity contribution in [1.82, 2.24) is 4.98 Å². The molecule has 0 saturated carbocycles. The van der Waals surface area contributed by atoms with Crippen LogP contribution >= 0.6 is 0 Å². The Kier molecular flexibility index (Phi) is 2.57. The second kappa shape index (κ2) is 3.85. The van der Waals surface area contributed by atoms with Crippen LogP contribution < -0.4 is 5.73 Å². The van der Waals surface area contributed by atoms with Crippen LogP contribution in [-0.4, -0.2) is 17.6 Å². The summed E-state index contributed by atoms with van der Waals surface area (Å²) in [5.74, 6) is 0. The molecule has 1 fully saturated rings. The third-order valence-corrected chi connectivity index (χ3v) is 2.39. The van der Waals surface area contributed by atoms with Gasteiger partial charge in [-0.05, 0) is 25.0 Å². The maximum atomic E-state index is 5.71. The van der Waals surface area contributed by atoms with Crippen molar-refractivity contribution in [2.24, 2.45) is 5.73 Å². The van der Waals surface area contributed by atoms with Crippen molar-refractivity contribution in [2.75, 3.05) is 6.54 Å². The van der Waals surface area contributed by atoms with Crippen LogP contribution in [0.1, 0.15) is 24.6 Å². The summed E-state index contributed by atoms with van der Waals surface area (Å²) in [6.07, 6.45) is 4.28. The van der Waals surface area contributed by atoms with Crippen LogP contribution in [0.3, 0.4) is 0 Å². The molecule has 2 heterocycles. The lowest BCUT2D eigenvalue weighted by molar-refractivity contribution is 0.0474. The van der Waals surface area contributed by atoms with Crippen LogP contribution in [0, 0.1) is 0 Å². The maximum Gasteiger partial charge on any atom is 0.0999 e. The predicted octanol–water partition coefficient (Wildman–Crippen LogP) is 1.26. The monoisotopic (exact) mass is 178 g/mol. The lowest BCUT2D eigenvalue weighted by atomic mass is 10.1. The van der Waals surface area contributed by atoms with Gasteiger partial charge in [-0.15, -0.1) is 0 Å². The number of hydrogen-bond acceptors (Lipinski definition) is 3. The zero-order valence-electron chi connectivity index (χ0n) is 7.52. The summed E-state index contributed by atoms with van der Waals surface area (Å²) >= 11 is 0. The predicted molar refractivity (Wildman–Crippen MR) is 50.1 cm³/mol. The van der Waals surface area contributed by atoms with Crippen LogP contribution in [0.25, 0.3) is 0 Å². The summed E-state index contributed by atoms with van der Waals surface area (Å²) in [4.78, 5) is 4.26. The third kappa shape index (κ3) is 1.87. The van der Waals surface area contributed by atoms with Crippen molar-refractivity contribution < 1.29 is 4.74 Å². The summed E-state index contributed by atoms with van der Waals surface area (Å²) < 4.78 is 5.71. The van der Waals surface area contributed by atoms with E-state index < -0.39 is 0 Å². The second-order valence-electron chi connectivity index (χ2n) is 3.31. The maximum absolute atomic E-state index is 5.71. The van der Waals surface area contributed by atoms with E-state index in [1.165, 1.54) is 0 Å². The highest BCUT2D eigenvalue weighted by atomic mass is 16.5. The molecule has 3 heteroatoms. The fraction of sp³-hybridized carbons (Fsp3) is 0.500. The van der Waals surface area contributed by atoms with Gasteiger partial charge >= 0.3 is 0 Å². The largest absolute Gasteiger partial charge is 0.367 e. The molecule has 0 aromatic carbocycles.